The number of aromatic nitrogens is 2. The van der Waals surface area contributed by atoms with Crippen LogP contribution in [0.15, 0.2) is 35.4 Å². The van der Waals surface area contributed by atoms with Gasteiger partial charge in [-0.3, -0.25) is 14.2 Å². The average molecular weight is 297 g/mol. The van der Waals surface area contributed by atoms with Crippen LogP contribution in [0.5, 0.6) is 0 Å². The van der Waals surface area contributed by atoms with Gasteiger partial charge in [0.25, 0.3) is 5.56 Å². The van der Waals surface area contributed by atoms with Crippen LogP contribution in [0.25, 0.3) is 10.9 Å². The minimum absolute atomic E-state index is 0.0522. The van der Waals surface area contributed by atoms with E-state index < -0.39 is 0 Å². The first-order valence-corrected chi connectivity index (χ1v) is 7.94. The van der Waals surface area contributed by atoms with E-state index in [9.17, 15) is 9.59 Å². The van der Waals surface area contributed by atoms with Crippen molar-refractivity contribution in [1.29, 1.82) is 0 Å². The summed E-state index contributed by atoms with van der Waals surface area (Å²) in [6.45, 7) is 0.924. The maximum absolute atomic E-state index is 12.6. The number of amides is 1. The van der Waals surface area contributed by atoms with Gasteiger partial charge in [-0.2, -0.15) is 0 Å². The van der Waals surface area contributed by atoms with Crippen LogP contribution in [-0.2, 0) is 11.3 Å². The molecule has 22 heavy (non-hydrogen) atoms. The third-order valence-electron chi connectivity index (χ3n) is 5.22. The predicted molar refractivity (Wildman–Crippen MR) is 83.5 cm³/mol. The molecule has 0 unspecified atom stereocenters. The quantitative estimate of drug-likeness (QED) is 0.851. The SMILES string of the molecule is O=C(Cn1cnc2ccccc2c1=O)N1CCCC12CCC2. The zero-order valence-electron chi connectivity index (χ0n) is 12.5. The Labute approximate surface area is 128 Å². The molecule has 0 N–H and O–H groups in total. The third-order valence-corrected chi connectivity index (χ3v) is 5.22. The summed E-state index contributed by atoms with van der Waals surface area (Å²) in [7, 11) is 0. The fourth-order valence-electron chi connectivity index (χ4n) is 3.88. The van der Waals surface area contributed by atoms with E-state index in [1.165, 1.54) is 17.3 Å². The molecule has 0 atom stereocenters. The van der Waals surface area contributed by atoms with Crippen LogP contribution in [0.3, 0.4) is 0 Å². The van der Waals surface area contributed by atoms with Crippen LogP contribution < -0.4 is 5.56 Å². The Hall–Kier alpha value is -2.17. The first kappa shape index (κ1) is 13.5. The summed E-state index contributed by atoms with van der Waals surface area (Å²) in [6, 6.07) is 7.25. The van der Waals surface area contributed by atoms with Crippen molar-refractivity contribution < 1.29 is 4.79 Å². The van der Waals surface area contributed by atoms with Crippen LogP contribution in [0, 0.1) is 0 Å². The van der Waals surface area contributed by atoms with Crippen molar-refractivity contribution in [3.8, 4) is 0 Å². The number of hydrogen-bond acceptors (Lipinski definition) is 3. The van der Waals surface area contributed by atoms with Gasteiger partial charge in [-0.15, -0.1) is 0 Å². The van der Waals surface area contributed by atoms with E-state index in [-0.39, 0.29) is 23.6 Å². The number of para-hydroxylation sites is 1. The molecule has 1 saturated heterocycles. The maximum atomic E-state index is 12.6. The van der Waals surface area contributed by atoms with Crippen LogP contribution in [0.2, 0.25) is 0 Å². The van der Waals surface area contributed by atoms with Crippen LogP contribution in [0.4, 0.5) is 0 Å². The van der Waals surface area contributed by atoms with Gasteiger partial charge in [0.05, 0.1) is 17.2 Å². The van der Waals surface area contributed by atoms with Gasteiger partial charge in [0.1, 0.15) is 6.54 Å². The summed E-state index contributed by atoms with van der Waals surface area (Å²) in [5.41, 5.74) is 0.638. The Morgan fingerprint density at radius 2 is 1.95 bits per heavy atom. The summed E-state index contributed by atoms with van der Waals surface area (Å²) >= 11 is 0. The topological polar surface area (TPSA) is 55.2 Å². The average Bonchev–Trinajstić information content (AvgIpc) is 2.95. The van der Waals surface area contributed by atoms with Crippen molar-refractivity contribution >= 4 is 16.8 Å². The fourth-order valence-corrected chi connectivity index (χ4v) is 3.88. The van der Waals surface area contributed by atoms with Gasteiger partial charge in [0, 0.05) is 12.1 Å². The highest BCUT2D eigenvalue weighted by Crippen LogP contribution is 2.45. The van der Waals surface area contributed by atoms with Crippen molar-refractivity contribution in [3.05, 3.63) is 40.9 Å². The monoisotopic (exact) mass is 297 g/mol. The number of benzene rings is 1. The molecule has 114 valence electrons. The number of likely N-dealkylation sites (tertiary alicyclic amines) is 1. The van der Waals surface area contributed by atoms with Crippen molar-refractivity contribution in [2.75, 3.05) is 6.54 Å². The molecular weight excluding hydrogens is 278 g/mol. The molecule has 1 aromatic carbocycles. The normalized spacial score (nSPS) is 19.5. The first-order chi connectivity index (χ1) is 10.7. The molecule has 5 nitrogen and oxygen atoms in total. The molecule has 1 aliphatic carbocycles. The molecule has 5 heteroatoms. The van der Waals surface area contributed by atoms with Crippen molar-refractivity contribution in [2.45, 2.75) is 44.2 Å². The summed E-state index contributed by atoms with van der Waals surface area (Å²) in [6.07, 6.45) is 7.13. The largest absolute Gasteiger partial charge is 0.335 e. The molecule has 1 aromatic heterocycles. The Morgan fingerprint density at radius 3 is 2.73 bits per heavy atom. The Kier molecular flexibility index (Phi) is 3.03. The van der Waals surface area contributed by atoms with Gasteiger partial charge in [-0.25, -0.2) is 4.98 Å². The van der Waals surface area contributed by atoms with Crippen LogP contribution >= 0.6 is 0 Å². The molecular formula is C17H19N3O2. The smallest absolute Gasteiger partial charge is 0.261 e. The highest BCUT2D eigenvalue weighted by Gasteiger charge is 2.47. The van der Waals surface area contributed by atoms with E-state index in [1.54, 1.807) is 6.07 Å². The number of hydrogen-bond donors (Lipinski definition) is 0. The lowest BCUT2D eigenvalue weighted by atomic mass is 9.75. The predicted octanol–water partition coefficient (Wildman–Crippen LogP) is 1.94. The number of carbonyl (C=O) groups is 1. The van der Waals surface area contributed by atoms with E-state index >= 15 is 0 Å². The van der Waals surface area contributed by atoms with Gasteiger partial charge in [0.2, 0.25) is 5.91 Å². The molecule has 0 radical (unpaired) electrons. The Balaban J connectivity index is 1.62. The first-order valence-electron chi connectivity index (χ1n) is 7.94. The number of nitrogens with zero attached hydrogens (tertiary/aromatic N) is 3. The summed E-state index contributed by atoms with van der Waals surface area (Å²) in [4.78, 5) is 31.4. The van der Waals surface area contributed by atoms with Gasteiger partial charge in [-0.1, -0.05) is 12.1 Å². The molecule has 1 aliphatic heterocycles. The van der Waals surface area contributed by atoms with E-state index in [0.29, 0.717) is 10.9 Å². The van der Waals surface area contributed by atoms with Gasteiger partial charge in [0.15, 0.2) is 0 Å². The lowest BCUT2D eigenvalue weighted by Crippen LogP contribution is -2.53. The molecule has 1 saturated carbocycles. The van der Waals surface area contributed by atoms with E-state index in [0.717, 1.165) is 32.2 Å². The second-order valence-corrected chi connectivity index (χ2v) is 6.42. The maximum Gasteiger partial charge on any atom is 0.261 e. The van der Waals surface area contributed by atoms with Crippen molar-refractivity contribution in [2.24, 2.45) is 0 Å². The third kappa shape index (κ3) is 1.95. The van der Waals surface area contributed by atoms with Gasteiger partial charge < -0.3 is 4.90 Å². The van der Waals surface area contributed by atoms with E-state index in [2.05, 4.69) is 4.98 Å². The molecule has 1 spiro atoms. The lowest BCUT2D eigenvalue weighted by molar-refractivity contribution is -0.139. The van der Waals surface area contributed by atoms with Gasteiger partial charge >= 0.3 is 0 Å². The standard InChI is InChI=1S/C17H19N3O2/c21-15(20-10-4-9-17(20)7-3-8-17)11-19-12-18-14-6-2-1-5-13(14)16(19)22/h1-2,5-6,12H,3-4,7-11H2. The molecule has 1 amide bonds. The molecule has 4 rings (SSSR count). The zero-order chi connectivity index (χ0) is 15.2. The minimum atomic E-state index is -0.138. The number of fused-ring (bicyclic) bond motifs is 1. The summed E-state index contributed by atoms with van der Waals surface area (Å²) in [5, 5.41) is 0.567. The van der Waals surface area contributed by atoms with E-state index in [4.69, 9.17) is 0 Å². The lowest BCUT2D eigenvalue weighted by Gasteiger charge is -2.45. The number of rotatable bonds is 2. The highest BCUT2D eigenvalue weighted by atomic mass is 16.2. The molecule has 2 aromatic rings. The highest BCUT2D eigenvalue weighted by molar-refractivity contribution is 5.79. The Morgan fingerprint density at radius 1 is 1.18 bits per heavy atom. The van der Waals surface area contributed by atoms with E-state index in [1.807, 2.05) is 23.1 Å². The molecule has 2 heterocycles. The molecule has 2 aliphatic rings. The summed E-state index contributed by atoms with van der Waals surface area (Å²) < 4.78 is 1.44. The Bertz CT molecular complexity index is 792. The second kappa shape index (κ2) is 4.93. The number of carbonyl (C=O) groups excluding carboxylic acids is 1. The van der Waals surface area contributed by atoms with Crippen molar-refractivity contribution in [1.82, 2.24) is 14.5 Å². The molecule has 0 bridgehead atoms. The van der Waals surface area contributed by atoms with Crippen LogP contribution in [0.1, 0.15) is 32.1 Å². The molecule has 2 fully saturated rings. The second-order valence-electron chi connectivity index (χ2n) is 6.42. The van der Waals surface area contributed by atoms with Crippen LogP contribution in [-0.4, -0.2) is 32.4 Å². The van der Waals surface area contributed by atoms with Gasteiger partial charge in [-0.05, 0) is 44.2 Å². The fraction of sp³-hybridized carbons (Fsp3) is 0.471. The summed E-state index contributed by atoms with van der Waals surface area (Å²) in [5.74, 6) is 0.0522. The zero-order valence-corrected chi connectivity index (χ0v) is 12.5. The minimum Gasteiger partial charge on any atom is -0.335 e. The van der Waals surface area contributed by atoms with Crippen molar-refractivity contribution in [3.63, 3.8) is 0 Å².